The summed E-state index contributed by atoms with van der Waals surface area (Å²) in [6, 6.07) is 7.42. The quantitative estimate of drug-likeness (QED) is 0.498. The molecule has 130 valence electrons. The smallest absolute Gasteiger partial charge is 0.230 e. The Morgan fingerprint density at radius 1 is 1.17 bits per heavy atom. The van der Waals surface area contributed by atoms with Gasteiger partial charge in [0.2, 0.25) is 5.91 Å². The lowest BCUT2D eigenvalue weighted by atomic mass is 10.3. The fourth-order valence-corrected chi connectivity index (χ4v) is 3.94. The number of aromatic nitrogens is 2. The number of carbonyl (C=O) groups excluding carboxylic acids is 1. The van der Waals surface area contributed by atoms with Gasteiger partial charge in [0.25, 0.3) is 0 Å². The van der Waals surface area contributed by atoms with Crippen LogP contribution in [0.25, 0.3) is 0 Å². The normalized spacial score (nSPS) is 10.4. The van der Waals surface area contributed by atoms with Crippen LogP contribution < -0.4 is 14.8 Å². The first-order valence-electron chi connectivity index (χ1n) is 7.34. The zero-order chi connectivity index (χ0) is 17.2. The molecule has 0 unspecified atom stereocenters. The van der Waals surface area contributed by atoms with Gasteiger partial charge in [-0.3, -0.25) is 4.79 Å². The number of nitrogens with one attached hydrogen (secondary N) is 1. The van der Waals surface area contributed by atoms with E-state index in [1.165, 1.54) is 23.1 Å². The number of amides is 1. The molecule has 6 nitrogen and oxygen atoms in total. The Morgan fingerprint density at radius 3 is 2.46 bits per heavy atom. The van der Waals surface area contributed by atoms with E-state index in [2.05, 4.69) is 15.5 Å². The summed E-state index contributed by atoms with van der Waals surface area (Å²) in [6.07, 6.45) is 1.95. The predicted molar refractivity (Wildman–Crippen MR) is 98.5 cm³/mol. The van der Waals surface area contributed by atoms with E-state index in [1.54, 1.807) is 11.8 Å². The third-order valence-corrected chi connectivity index (χ3v) is 5.75. The SMILES string of the molecule is CCOc1ccc(OCCNC(=O)CSc2nnc(SC)s2)cc1. The predicted octanol–water partition coefficient (Wildman–Crippen LogP) is 2.95. The van der Waals surface area contributed by atoms with Gasteiger partial charge in [-0.2, -0.15) is 0 Å². The second kappa shape index (κ2) is 10.4. The minimum Gasteiger partial charge on any atom is -0.494 e. The van der Waals surface area contributed by atoms with Gasteiger partial charge in [0.15, 0.2) is 8.68 Å². The van der Waals surface area contributed by atoms with Gasteiger partial charge in [-0.25, -0.2) is 0 Å². The van der Waals surface area contributed by atoms with Crippen LogP contribution >= 0.6 is 34.9 Å². The third kappa shape index (κ3) is 6.58. The molecule has 0 aliphatic rings. The number of hydrogen-bond acceptors (Lipinski definition) is 8. The largest absolute Gasteiger partial charge is 0.494 e. The molecule has 1 aromatic heterocycles. The molecule has 0 spiro atoms. The van der Waals surface area contributed by atoms with Crippen LogP contribution in [-0.2, 0) is 4.79 Å². The van der Waals surface area contributed by atoms with Gasteiger partial charge in [-0.05, 0) is 37.4 Å². The highest BCUT2D eigenvalue weighted by Crippen LogP contribution is 2.26. The lowest BCUT2D eigenvalue weighted by molar-refractivity contribution is -0.118. The maximum atomic E-state index is 11.8. The molecule has 1 aromatic carbocycles. The maximum absolute atomic E-state index is 11.8. The molecule has 1 heterocycles. The monoisotopic (exact) mass is 385 g/mol. The average molecular weight is 386 g/mol. The van der Waals surface area contributed by atoms with Gasteiger partial charge in [0, 0.05) is 0 Å². The van der Waals surface area contributed by atoms with Gasteiger partial charge in [-0.1, -0.05) is 34.9 Å². The van der Waals surface area contributed by atoms with E-state index in [-0.39, 0.29) is 5.91 Å². The average Bonchev–Trinajstić information content (AvgIpc) is 3.07. The molecule has 9 heteroatoms. The molecule has 0 bridgehead atoms. The second-order valence-corrected chi connectivity index (χ2v) is 7.68. The Labute approximate surface area is 153 Å². The molecule has 0 saturated heterocycles. The van der Waals surface area contributed by atoms with Crippen molar-refractivity contribution in [1.82, 2.24) is 15.5 Å². The summed E-state index contributed by atoms with van der Waals surface area (Å²) in [5.41, 5.74) is 0. The van der Waals surface area contributed by atoms with Crippen molar-refractivity contribution in [3.05, 3.63) is 24.3 Å². The van der Waals surface area contributed by atoms with E-state index in [0.29, 0.717) is 25.5 Å². The molecule has 1 N–H and O–H groups in total. The number of thioether (sulfide) groups is 2. The molecule has 2 rings (SSSR count). The Bertz CT molecular complexity index is 634. The third-order valence-electron chi connectivity index (χ3n) is 2.72. The van der Waals surface area contributed by atoms with Crippen LogP contribution in [0.4, 0.5) is 0 Å². The number of nitrogens with zero attached hydrogens (tertiary/aromatic N) is 2. The summed E-state index contributed by atoms with van der Waals surface area (Å²) >= 11 is 4.43. The van der Waals surface area contributed by atoms with Crippen molar-refractivity contribution in [1.29, 1.82) is 0 Å². The topological polar surface area (TPSA) is 73.3 Å². The summed E-state index contributed by atoms with van der Waals surface area (Å²) in [5.74, 6) is 1.85. The Hall–Kier alpha value is -1.45. The highest BCUT2D eigenvalue weighted by Gasteiger charge is 2.07. The lowest BCUT2D eigenvalue weighted by Crippen LogP contribution is -2.29. The van der Waals surface area contributed by atoms with Gasteiger partial charge >= 0.3 is 0 Å². The Morgan fingerprint density at radius 2 is 1.83 bits per heavy atom. The molecule has 0 radical (unpaired) electrons. The van der Waals surface area contributed by atoms with E-state index < -0.39 is 0 Å². The van der Waals surface area contributed by atoms with Gasteiger partial charge in [-0.15, -0.1) is 10.2 Å². The van der Waals surface area contributed by atoms with Crippen molar-refractivity contribution >= 4 is 40.8 Å². The van der Waals surface area contributed by atoms with Gasteiger partial charge in [0.1, 0.15) is 18.1 Å². The summed E-state index contributed by atoms with van der Waals surface area (Å²) in [5, 5.41) is 10.8. The molecule has 24 heavy (non-hydrogen) atoms. The first kappa shape index (κ1) is 18.9. The van der Waals surface area contributed by atoms with Crippen molar-refractivity contribution in [2.45, 2.75) is 15.6 Å². The molecule has 0 atom stereocenters. The molecule has 2 aromatic rings. The first-order valence-corrected chi connectivity index (χ1v) is 10.4. The van der Waals surface area contributed by atoms with E-state index in [1.807, 2.05) is 37.4 Å². The van der Waals surface area contributed by atoms with E-state index >= 15 is 0 Å². The van der Waals surface area contributed by atoms with Crippen LogP contribution in [0.15, 0.2) is 32.9 Å². The van der Waals surface area contributed by atoms with E-state index in [9.17, 15) is 4.79 Å². The molecular weight excluding hydrogens is 366 g/mol. The molecular formula is C15H19N3O3S3. The summed E-state index contributed by atoms with van der Waals surface area (Å²) in [7, 11) is 0. The number of benzene rings is 1. The van der Waals surface area contributed by atoms with E-state index in [4.69, 9.17) is 9.47 Å². The Balaban J connectivity index is 1.60. The van der Waals surface area contributed by atoms with Gasteiger partial charge in [0.05, 0.1) is 18.9 Å². The van der Waals surface area contributed by atoms with Crippen LogP contribution in [0.5, 0.6) is 11.5 Å². The van der Waals surface area contributed by atoms with Crippen molar-refractivity contribution in [3.63, 3.8) is 0 Å². The number of carbonyl (C=O) groups is 1. The summed E-state index contributed by atoms with van der Waals surface area (Å²) in [6.45, 7) is 3.45. The number of hydrogen-bond donors (Lipinski definition) is 1. The van der Waals surface area contributed by atoms with Crippen LogP contribution in [0.2, 0.25) is 0 Å². The van der Waals surface area contributed by atoms with Gasteiger partial charge < -0.3 is 14.8 Å². The fourth-order valence-electron chi connectivity index (χ4n) is 1.67. The van der Waals surface area contributed by atoms with Crippen LogP contribution in [0, 0.1) is 0 Å². The molecule has 0 fully saturated rings. The zero-order valence-corrected chi connectivity index (χ0v) is 15.9. The van der Waals surface area contributed by atoms with Crippen molar-refractivity contribution in [2.24, 2.45) is 0 Å². The molecule has 0 saturated carbocycles. The van der Waals surface area contributed by atoms with E-state index in [0.717, 1.165) is 20.2 Å². The highest BCUT2D eigenvalue weighted by atomic mass is 32.2. The van der Waals surface area contributed by atoms with Crippen molar-refractivity contribution in [2.75, 3.05) is 31.8 Å². The first-order chi connectivity index (χ1) is 11.7. The van der Waals surface area contributed by atoms with Crippen molar-refractivity contribution < 1.29 is 14.3 Å². The Kier molecular flexibility index (Phi) is 8.20. The molecule has 0 aliphatic carbocycles. The van der Waals surface area contributed by atoms with Crippen molar-refractivity contribution in [3.8, 4) is 11.5 Å². The fraction of sp³-hybridized carbons (Fsp3) is 0.400. The standard InChI is InChI=1S/C15H19N3O3S3/c1-3-20-11-4-6-12(7-5-11)21-9-8-16-13(19)10-23-15-18-17-14(22-2)24-15/h4-7H,3,8-10H2,1-2H3,(H,16,19). The zero-order valence-electron chi connectivity index (χ0n) is 13.5. The molecule has 0 aliphatic heterocycles. The number of ether oxygens (including phenoxy) is 2. The van der Waals surface area contributed by atoms with Crippen LogP contribution in [0.3, 0.4) is 0 Å². The number of rotatable bonds is 10. The van der Waals surface area contributed by atoms with Crippen LogP contribution in [-0.4, -0.2) is 47.9 Å². The molecule has 1 amide bonds. The summed E-state index contributed by atoms with van der Waals surface area (Å²) in [4.78, 5) is 11.8. The minimum absolute atomic E-state index is 0.0452. The van der Waals surface area contributed by atoms with Crippen LogP contribution in [0.1, 0.15) is 6.92 Å². The lowest BCUT2D eigenvalue weighted by Gasteiger charge is -2.08. The second-order valence-electron chi connectivity index (χ2n) is 4.43. The minimum atomic E-state index is -0.0452. The summed E-state index contributed by atoms with van der Waals surface area (Å²) < 4.78 is 12.6. The maximum Gasteiger partial charge on any atom is 0.230 e. The highest BCUT2D eigenvalue weighted by molar-refractivity contribution is 8.03.